The number of benzene rings is 1. The van der Waals surface area contributed by atoms with Gasteiger partial charge < -0.3 is 10.1 Å². The molecule has 1 aliphatic rings. The monoisotopic (exact) mass is 220 g/mol. The number of rotatable bonds is 2. The third-order valence-corrected chi connectivity index (χ3v) is 3.52. The smallest absolute Gasteiger partial charge is 0.139 e. The summed E-state index contributed by atoms with van der Waals surface area (Å²) in [6, 6.07) is 6.06. The second-order valence-electron chi connectivity index (χ2n) is 3.74. The van der Waals surface area contributed by atoms with Crippen LogP contribution in [0.2, 0.25) is 0 Å². The van der Waals surface area contributed by atoms with Gasteiger partial charge in [-0.05, 0) is 19.1 Å². The molecular formula is C11H12N2OS. The number of thiazole rings is 1. The molecule has 1 saturated heterocycles. The number of hydrogen-bond donors (Lipinski definition) is 1. The minimum absolute atomic E-state index is 0.331. The summed E-state index contributed by atoms with van der Waals surface area (Å²) in [4.78, 5) is 4.45. The van der Waals surface area contributed by atoms with Crippen molar-refractivity contribution in [2.45, 2.75) is 13.0 Å². The molecule has 0 radical (unpaired) electrons. The average molecular weight is 220 g/mol. The van der Waals surface area contributed by atoms with Gasteiger partial charge in [0, 0.05) is 13.1 Å². The van der Waals surface area contributed by atoms with Gasteiger partial charge in [-0.25, -0.2) is 4.98 Å². The molecule has 15 heavy (non-hydrogen) atoms. The van der Waals surface area contributed by atoms with Crippen LogP contribution in [0.15, 0.2) is 18.2 Å². The Morgan fingerprint density at radius 1 is 1.47 bits per heavy atom. The first kappa shape index (κ1) is 9.12. The van der Waals surface area contributed by atoms with Crippen molar-refractivity contribution in [1.82, 2.24) is 10.3 Å². The molecule has 2 heterocycles. The lowest BCUT2D eigenvalue weighted by Gasteiger charge is -2.27. The SMILES string of the molecule is Cc1nc2cccc(OC3CNC3)c2s1. The molecule has 1 aromatic carbocycles. The summed E-state index contributed by atoms with van der Waals surface area (Å²) < 4.78 is 7.05. The number of hydrogen-bond acceptors (Lipinski definition) is 4. The van der Waals surface area contributed by atoms with Gasteiger partial charge in [-0.1, -0.05) is 6.07 Å². The van der Waals surface area contributed by atoms with Crippen molar-refractivity contribution in [2.24, 2.45) is 0 Å². The molecule has 0 saturated carbocycles. The lowest BCUT2D eigenvalue weighted by molar-refractivity contribution is 0.144. The van der Waals surface area contributed by atoms with Crippen LogP contribution in [0.5, 0.6) is 5.75 Å². The van der Waals surface area contributed by atoms with E-state index in [-0.39, 0.29) is 0 Å². The van der Waals surface area contributed by atoms with E-state index in [4.69, 9.17) is 4.74 Å². The van der Waals surface area contributed by atoms with Crippen LogP contribution >= 0.6 is 11.3 Å². The van der Waals surface area contributed by atoms with Gasteiger partial charge in [0.2, 0.25) is 0 Å². The highest BCUT2D eigenvalue weighted by molar-refractivity contribution is 7.18. The summed E-state index contributed by atoms with van der Waals surface area (Å²) >= 11 is 1.70. The molecule has 2 aromatic rings. The van der Waals surface area contributed by atoms with Crippen molar-refractivity contribution < 1.29 is 4.74 Å². The Balaban J connectivity index is 2.00. The van der Waals surface area contributed by atoms with Crippen molar-refractivity contribution in [3.8, 4) is 5.75 Å². The van der Waals surface area contributed by atoms with Gasteiger partial charge in [-0.3, -0.25) is 0 Å². The van der Waals surface area contributed by atoms with Gasteiger partial charge in [0.1, 0.15) is 11.9 Å². The minimum atomic E-state index is 0.331. The first-order chi connectivity index (χ1) is 7.33. The molecule has 0 atom stereocenters. The lowest BCUT2D eigenvalue weighted by atomic mass is 10.2. The molecule has 0 aliphatic carbocycles. The third kappa shape index (κ3) is 1.60. The molecule has 1 N–H and O–H groups in total. The summed E-state index contributed by atoms with van der Waals surface area (Å²) in [7, 11) is 0. The van der Waals surface area contributed by atoms with Crippen molar-refractivity contribution in [3.63, 3.8) is 0 Å². The van der Waals surface area contributed by atoms with E-state index < -0.39 is 0 Å². The predicted octanol–water partition coefficient (Wildman–Crippen LogP) is 1.96. The molecule has 3 nitrogen and oxygen atoms in total. The van der Waals surface area contributed by atoms with Crippen molar-refractivity contribution in [3.05, 3.63) is 23.2 Å². The topological polar surface area (TPSA) is 34.1 Å². The van der Waals surface area contributed by atoms with E-state index in [0.717, 1.165) is 29.4 Å². The Hall–Kier alpha value is -1.13. The zero-order valence-electron chi connectivity index (χ0n) is 8.49. The molecule has 3 rings (SSSR count). The van der Waals surface area contributed by atoms with E-state index >= 15 is 0 Å². The molecule has 0 amide bonds. The van der Waals surface area contributed by atoms with E-state index in [1.807, 2.05) is 25.1 Å². The normalized spacial score (nSPS) is 16.6. The van der Waals surface area contributed by atoms with Crippen LogP contribution in [0.4, 0.5) is 0 Å². The summed E-state index contributed by atoms with van der Waals surface area (Å²) in [5.41, 5.74) is 1.04. The first-order valence-electron chi connectivity index (χ1n) is 5.06. The van der Waals surface area contributed by atoms with Crippen molar-refractivity contribution in [1.29, 1.82) is 0 Å². The molecule has 4 heteroatoms. The Bertz CT molecular complexity index is 490. The summed E-state index contributed by atoms with van der Waals surface area (Å²) in [5.74, 6) is 0.976. The predicted molar refractivity (Wildman–Crippen MR) is 61.6 cm³/mol. The van der Waals surface area contributed by atoms with E-state index in [1.165, 1.54) is 4.70 Å². The lowest BCUT2D eigenvalue weighted by Crippen LogP contribution is -2.50. The molecule has 0 spiro atoms. The minimum Gasteiger partial charge on any atom is -0.486 e. The van der Waals surface area contributed by atoms with Gasteiger partial charge in [-0.15, -0.1) is 11.3 Å². The number of fused-ring (bicyclic) bond motifs is 1. The molecule has 0 bridgehead atoms. The van der Waals surface area contributed by atoms with Crippen LogP contribution in [0.1, 0.15) is 5.01 Å². The second-order valence-corrected chi connectivity index (χ2v) is 4.94. The number of nitrogens with one attached hydrogen (secondary N) is 1. The fourth-order valence-corrected chi connectivity index (χ4v) is 2.53. The highest BCUT2D eigenvalue weighted by Gasteiger charge is 2.19. The van der Waals surface area contributed by atoms with Crippen LogP contribution in [0, 0.1) is 6.92 Å². The highest BCUT2D eigenvalue weighted by atomic mass is 32.1. The molecule has 1 fully saturated rings. The van der Waals surface area contributed by atoms with E-state index in [1.54, 1.807) is 11.3 Å². The largest absolute Gasteiger partial charge is 0.486 e. The maximum absolute atomic E-state index is 5.88. The number of aromatic nitrogens is 1. The van der Waals surface area contributed by atoms with Crippen LogP contribution in [-0.4, -0.2) is 24.2 Å². The van der Waals surface area contributed by atoms with E-state index in [2.05, 4.69) is 10.3 Å². The molecule has 1 aromatic heterocycles. The first-order valence-corrected chi connectivity index (χ1v) is 5.88. The standard InChI is InChI=1S/C11H12N2OS/c1-7-13-9-3-2-4-10(11(9)15-7)14-8-5-12-6-8/h2-4,8,12H,5-6H2,1H3. The van der Waals surface area contributed by atoms with Crippen LogP contribution in [-0.2, 0) is 0 Å². The quantitative estimate of drug-likeness (QED) is 0.840. The van der Waals surface area contributed by atoms with Gasteiger partial charge in [-0.2, -0.15) is 0 Å². The summed E-state index contributed by atoms with van der Waals surface area (Å²) in [5, 5.41) is 4.29. The zero-order chi connectivity index (χ0) is 10.3. The van der Waals surface area contributed by atoms with E-state index in [0.29, 0.717) is 6.10 Å². The number of aryl methyl sites for hydroxylation is 1. The van der Waals surface area contributed by atoms with Crippen molar-refractivity contribution in [2.75, 3.05) is 13.1 Å². The summed E-state index contributed by atoms with van der Waals surface area (Å²) in [6.07, 6.45) is 0.331. The van der Waals surface area contributed by atoms with Gasteiger partial charge in [0.05, 0.1) is 15.2 Å². The Kier molecular flexibility index (Phi) is 2.11. The fourth-order valence-electron chi connectivity index (χ4n) is 1.65. The number of ether oxygens (including phenoxy) is 1. The maximum atomic E-state index is 5.88. The molecule has 1 aliphatic heterocycles. The molecule has 0 unspecified atom stereocenters. The molecule has 78 valence electrons. The summed E-state index contributed by atoms with van der Waals surface area (Å²) in [6.45, 7) is 3.93. The average Bonchev–Trinajstić information content (AvgIpc) is 2.52. The second kappa shape index (κ2) is 3.47. The van der Waals surface area contributed by atoms with Gasteiger partial charge >= 0.3 is 0 Å². The van der Waals surface area contributed by atoms with E-state index in [9.17, 15) is 0 Å². The van der Waals surface area contributed by atoms with Crippen molar-refractivity contribution >= 4 is 21.6 Å². The number of nitrogens with zero attached hydrogens (tertiary/aromatic N) is 1. The maximum Gasteiger partial charge on any atom is 0.139 e. The highest BCUT2D eigenvalue weighted by Crippen LogP contribution is 2.31. The van der Waals surface area contributed by atoms with Gasteiger partial charge in [0.25, 0.3) is 0 Å². The van der Waals surface area contributed by atoms with Crippen LogP contribution < -0.4 is 10.1 Å². The Labute approximate surface area is 92.1 Å². The fraction of sp³-hybridized carbons (Fsp3) is 0.364. The zero-order valence-corrected chi connectivity index (χ0v) is 9.30. The van der Waals surface area contributed by atoms with Crippen LogP contribution in [0.25, 0.3) is 10.2 Å². The Morgan fingerprint density at radius 2 is 2.33 bits per heavy atom. The Morgan fingerprint density at radius 3 is 3.07 bits per heavy atom. The van der Waals surface area contributed by atoms with Crippen LogP contribution in [0.3, 0.4) is 0 Å². The van der Waals surface area contributed by atoms with Gasteiger partial charge in [0.15, 0.2) is 0 Å². The molecular weight excluding hydrogens is 208 g/mol. The third-order valence-electron chi connectivity index (χ3n) is 2.52.